The van der Waals surface area contributed by atoms with Crippen molar-refractivity contribution in [2.24, 2.45) is 11.7 Å². The number of aromatic hydroxyl groups is 1. The molecule has 3 N–H and O–H groups in total. The van der Waals surface area contributed by atoms with Crippen LogP contribution < -0.4 is 5.73 Å². The second kappa shape index (κ2) is 3.38. The molecule has 0 heterocycles. The zero-order valence-corrected chi connectivity index (χ0v) is 7.61. The van der Waals surface area contributed by atoms with Crippen molar-refractivity contribution in [2.45, 2.75) is 18.8 Å². The molecular weight excluding hydrogens is 162 g/mol. The van der Waals surface area contributed by atoms with Gasteiger partial charge in [-0.25, -0.2) is 0 Å². The quantitative estimate of drug-likeness (QED) is 0.724. The third kappa shape index (κ3) is 1.68. The van der Waals surface area contributed by atoms with Gasteiger partial charge < -0.3 is 10.8 Å². The van der Waals surface area contributed by atoms with E-state index in [9.17, 15) is 0 Å². The monoisotopic (exact) mass is 177 g/mol. The second-order valence-electron chi connectivity index (χ2n) is 3.86. The standard InChI is InChI=1S/C11H15NO/c12-7-8-5-10(6-8)9-1-3-11(13)4-2-9/h1-4,8,10,13H,5-7,12H2. The van der Waals surface area contributed by atoms with E-state index in [0.717, 1.165) is 12.5 Å². The first-order valence-electron chi connectivity index (χ1n) is 4.78. The first-order valence-corrected chi connectivity index (χ1v) is 4.78. The van der Waals surface area contributed by atoms with Crippen LogP contribution in [0.5, 0.6) is 5.75 Å². The van der Waals surface area contributed by atoms with E-state index in [1.54, 1.807) is 12.1 Å². The molecule has 2 heteroatoms. The van der Waals surface area contributed by atoms with Crippen molar-refractivity contribution in [3.63, 3.8) is 0 Å². The topological polar surface area (TPSA) is 46.2 Å². The lowest BCUT2D eigenvalue weighted by Gasteiger charge is -2.34. The van der Waals surface area contributed by atoms with Crippen molar-refractivity contribution < 1.29 is 5.11 Å². The molecular formula is C11H15NO. The van der Waals surface area contributed by atoms with E-state index in [0.29, 0.717) is 11.7 Å². The molecule has 0 saturated heterocycles. The zero-order chi connectivity index (χ0) is 9.26. The highest BCUT2D eigenvalue weighted by Gasteiger charge is 2.28. The summed E-state index contributed by atoms with van der Waals surface area (Å²) < 4.78 is 0. The maximum absolute atomic E-state index is 9.11. The molecule has 0 bridgehead atoms. The van der Waals surface area contributed by atoms with E-state index in [2.05, 4.69) is 0 Å². The van der Waals surface area contributed by atoms with Gasteiger partial charge in [0.05, 0.1) is 0 Å². The zero-order valence-electron chi connectivity index (χ0n) is 7.61. The highest BCUT2D eigenvalue weighted by atomic mass is 16.3. The molecule has 13 heavy (non-hydrogen) atoms. The van der Waals surface area contributed by atoms with Gasteiger partial charge in [-0.05, 0) is 48.9 Å². The smallest absolute Gasteiger partial charge is 0.115 e. The van der Waals surface area contributed by atoms with E-state index < -0.39 is 0 Å². The highest BCUT2D eigenvalue weighted by Crippen LogP contribution is 2.41. The van der Waals surface area contributed by atoms with Gasteiger partial charge in [-0.3, -0.25) is 0 Å². The van der Waals surface area contributed by atoms with Gasteiger partial charge in [-0.2, -0.15) is 0 Å². The third-order valence-corrected chi connectivity index (χ3v) is 2.93. The van der Waals surface area contributed by atoms with Crippen LogP contribution in [0, 0.1) is 5.92 Å². The van der Waals surface area contributed by atoms with Crippen molar-refractivity contribution in [3.8, 4) is 5.75 Å². The van der Waals surface area contributed by atoms with E-state index in [1.165, 1.54) is 18.4 Å². The van der Waals surface area contributed by atoms with E-state index >= 15 is 0 Å². The molecule has 1 aliphatic carbocycles. The summed E-state index contributed by atoms with van der Waals surface area (Å²) in [4.78, 5) is 0. The SMILES string of the molecule is NCC1CC(c2ccc(O)cc2)C1. The first-order chi connectivity index (χ1) is 6.29. The Morgan fingerprint density at radius 1 is 1.23 bits per heavy atom. The summed E-state index contributed by atoms with van der Waals surface area (Å²) >= 11 is 0. The summed E-state index contributed by atoms with van der Waals surface area (Å²) in [7, 11) is 0. The van der Waals surface area contributed by atoms with Gasteiger partial charge in [0.2, 0.25) is 0 Å². The molecule has 0 unspecified atom stereocenters. The van der Waals surface area contributed by atoms with Crippen molar-refractivity contribution >= 4 is 0 Å². The normalized spacial score (nSPS) is 26.8. The molecule has 0 amide bonds. The van der Waals surface area contributed by atoms with Gasteiger partial charge in [0.25, 0.3) is 0 Å². The lowest BCUT2D eigenvalue weighted by Crippen LogP contribution is -2.28. The molecule has 0 spiro atoms. The molecule has 0 atom stereocenters. The van der Waals surface area contributed by atoms with Crippen molar-refractivity contribution in [3.05, 3.63) is 29.8 Å². The van der Waals surface area contributed by atoms with Crippen LogP contribution in [0.3, 0.4) is 0 Å². The largest absolute Gasteiger partial charge is 0.508 e. The fourth-order valence-electron chi connectivity index (χ4n) is 1.95. The Labute approximate surface area is 78.4 Å². The maximum Gasteiger partial charge on any atom is 0.115 e. The van der Waals surface area contributed by atoms with Gasteiger partial charge >= 0.3 is 0 Å². The summed E-state index contributed by atoms with van der Waals surface area (Å²) in [6.45, 7) is 0.814. The molecule has 1 fully saturated rings. The molecule has 1 aromatic rings. The van der Waals surface area contributed by atoms with Crippen LogP contribution in [0.1, 0.15) is 24.3 Å². The van der Waals surface area contributed by atoms with E-state index in [-0.39, 0.29) is 0 Å². The lowest BCUT2D eigenvalue weighted by atomic mass is 9.71. The van der Waals surface area contributed by atoms with Gasteiger partial charge in [-0.1, -0.05) is 12.1 Å². The Hall–Kier alpha value is -1.02. The molecule has 0 radical (unpaired) electrons. The first kappa shape index (κ1) is 8.57. The maximum atomic E-state index is 9.11. The minimum atomic E-state index is 0.346. The highest BCUT2D eigenvalue weighted by molar-refractivity contribution is 5.29. The van der Waals surface area contributed by atoms with Crippen LogP contribution >= 0.6 is 0 Å². The third-order valence-electron chi connectivity index (χ3n) is 2.93. The number of hydrogen-bond acceptors (Lipinski definition) is 2. The Kier molecular flexibility index (Phi) is 2.23. The van der Waals surface area contributed by atoms with Crippen LogP contribution in [0.15, 0.2) is 24.3 Å². The Morgan fingerprint density at radius 2 is 1.85 bits per heavy atom. The van der Waals surface area contributed by atoms with Crippen molar-refractivity contribution in [2.75, 3.05) is 6.54 Å². The van der Waals surface area contributed by atoms with E-state index in [1.807, 2.05) is 12.1 Å². The summed E-state index contributed by atoms with van der Waals surface area (Å²) in [5.74, 6) is 1.74. The van der Waals surface area contributed by atoms with Gasteiger partial charge in [-0.15, -0.1) is 0 Å². The molecule has 0 aliphatic heterocycles. The predicted octanol–water partition coefficient (Wildman–Crippen LogP) is 1.84. The van der Waals surface area contributed by atoms with Crippen molar-refractivity contribution in [1.29, 1.82) is 0 Å². The van der Waals surface area contributed by atoms with Crippen LogP contribution in [0.25, 0.3) is 0 Å². The van der Waals surface area contributed by atoms with Gasteiger partial charge in [0.15, 0.2) is 0 Å². The molecule has 2 rings (SSSR count). The average molecular weight is 177 g/mol. The number of nitrogens with two attached hydrogens (primary N) is 1. The molecule has 2 nitrogen and oxygen atoms in total. The van der Waals surface area contributed by atoms with Crippen molar-refractivity contribution in [1.82, 2.24) is 0 Å². The Morgan fingerprint density at radius 3 is 2.38 bits per heavy atom. The van der Waals surface area contributed by atoms with Gasteiger partial charge in [0, 0.05) is 0 Å². The number of rotatable bonds is 2. The fourth-order valence-corrected chi connectivity index (χ4v) is 1.95. The van der Waals surface area contributed by atoms with Gasteiger partial charge in [0.1, 0.15) is 5.75 Å². The lowest BCUT2D eigenvalue weighted by molar-refractivity contribution is 0.272. The summed E-state index contributed by atoms with van der Waals surface area (Å²) in [5.41, 5.74) is 6.89. The summed E-state index contributed by atoms with van der Waals surface area (Å²) in [5, 5.41) is 9.11. The minimum Gasteiger partial charge on any atom is -0.508 e. The molecule has 70 valence electrons. The molecule has 1 saturated carbocycles. The summed E-state index contributed by atoms with van der Waals surface area (Å²) in [6.07, 6.45) is 2.42. The van der Waals surface area contributed by atoms with Crippen LogP contribution in [0.4, 0.5) is 0 Å². The van der Waals surface area contributed by atoms with Crippen LogP contribution in [0.2, 0.25) is 0 Å². The van der Waals surface area contributed by atoms with E-state index in [4.69, 9.17) is 10.8 Å². The molecule has 1 aliphatic rings. The number of phenolic OH excluding ortho intramolecular Hbond substituents is 1. The molecule has 1 aromatic carbocycles. The minimum absolute atomic E-state index is 0.346. The Bertz CT molecular complexity index is 275. The number of hydrogen-bond donors (Lipinski definition) is 2. The number of benzene rings is 1. The second-order valence-corrected chi connectivity index (χ2v) is 3.86. The fraction of sp³-hybridized carbons (Fsp3) is 0.455. The summed E-state index contributed by atoms with van der Waals surface area (Å²) in [6, 6.07) is 7.52. The predicted molar refractivity (Wildman–Crippen MR) is 52.6 cm³/mol. The average Bonchev–Trinajstić information content (AvgIpc) is 2.06. The Balaban J connectivity index is 1.99. The molecule has 0 aromatic heterocycles. The van der Waals surface area contributed by atoms with Crippen LogP contribution in [-0.4, -0.2) is 11.7 Å². The van der Waals surface area contributed by atoms with Crippen LogP contribution in [-0.2, 0) is 0 Å². The number of phenols is 1.